The van der Waals surface area contributed by atoms with Crippen LogP contribution in [0.4, 0.5) is 5.95 Å². The number of rotatable bonds is 5. The Morgan fingerprint density at radius 3 is 2.93 bits per heavy atom. The number of aromatic amines is 1. The lowest BCUT2D eigenvalue weighted by atomic mass is 10.0. The van der Waals surface area contributed by atoms with E-state index < -0.39 is 5.97 Å². The number of anilines is 1. The number of carboxylic acids is 1. The van der Waals surface area contributed by atoms with Crippen molar-refractivity contribution in [1.29, 1.82) is 0 Å². The van der Waals surface area contributed by atoms with Gasteiger partial charge >= 0.3 is 5.97 Å². The molecule has 2 aromatic heterocycles. The second-order valence-corrected chi connectivity index (χ2v) is 8.34. The zero-order valence-corrected chi connectivity index (χ0v) is 16.8. The predicted octanol–water partition coefficient (Wildman–Crippen LogP) is 2.04. The highest BCUT2D eigenvalue weighted by Crippen LogP contribution is 2.27. The minimum atomic E-state index is -0.960. The second-order valence-electron chi connectivity index (χ2n) is 8.34. The molecule has 0 saturated carbocycles. The molecule has 0 bridgehead atoms. The molecule has 4 heterocycles. The van der Waals surface area contributed by atoms with Crippen LogP contribution in [0, 0.1) is 12.8 Å². The average molecular weight is 384 g/mol. The van der Waals surface area contributed by atoms with Crippen molar-refractivity contribution in [3.8, 4) is 0 Å². The van der Waals surface area contributed by atoms with Crippen LogP contribution in [0.5, 0.6) is 0 Å². The monoisotopic (exact) mass is 384 g/mol. The smallest absolute Gasteiger partial charge is 0.356 e. The lowest BCUT2D eigenvalue weighted by Crippen LogP contribution is -2.41. The third-order valence-corrected chi connectivity index (χ3v) is 5.64. The number of aromatic nitrogens is 4. The van der Waals surface area contributed by atoms with E-state index in [1.807, 2.05) is 6.92 Å². The van der Waals surface area contributed by atoms with Crippen molar-refractivity contribution < 1.29 is 9.90 Å². The van der Waals surface area contributed by atoms with Gasteiger partial charge in [0.1, 0.15) is 0 Å². The number of carbonyl (C=O) groups is 1. The third kappa shape index (κ3) is 3.73. The third-order valence-electron chi connectivity index (χ3n) is 5.64. The molecule has 150 valence electrons. The quantitative estimate of drug-likeness (QED) is 0.814. The molecule has 1 fully saturated rings. The minimum absolute atomic E-state index is 0.162. The molecule has 1 atom stereocenters. The van der Waals surface area contributed by atoms with Crippen molar-refractivity contribution >= 4 is 11.9 Å². The largest absolute Gasteiger partial charge is 0.476 e. The van der Waals surface area contributed by atoms with Crippen molar-refractivity contribution in [1.82, 2.24) is 25.1 Å². The van der Waals surface area contributed by atoms with Crippen LogP contribution < -0.4 is 4.90 Å². The summed E-state index contributed by atoms with van der Waals surface area (Å²) in [5, 5.41) is 16.2. The fourth-order valence-electron chi connectivity index (χ4n) is 4.31. The van der Waals surface area contributed by atoms with Crippen LogP contribution >= 0.6 is 0 Å². The van der Waals surface area contributed by atoms with Gasteiger partial charge in [-0.25, -0.2) is 14.8 Å². The van der Waals surface area contributed by atoms with Crippen LogP contribution in [-0.4, -0.2) is 61.8 Å². The van der Waals surface area contributed by atoms with Gasteiger partial charge in [-0.05, 0) is 31.7 Å². The molecule has 2 aliphatic rings. The summed E-state index contributed by atoms with van der Waals surface area (Å²) in [5.74, 6) is 0.429. The van der Waals surface area contributed by atoms with E-state index in [0.29, 0.717) is 18.5 Å². The van der Waals surface area contributed by atoms with Gasteiger partial charge in [-0.3, -0.25) is 10.00 Å². The number of aromatic carboxylic acids is 1. The van der Waals surface area contributed by atoms with Crippen LogP contribution in [0.1, 0.15) is 53.4 Å². The van der Waals surface area contributed by atoms with Gasteiger partial charge < -0.3 is 10.0 Å². The first-order valence-electron chi connectivity index (χ1n) is 10.0. The number of nitrogens with one attached hydrogen (secondary N) is 1. The summed E-state index contributed by atoms with van der Waals surface area (Å²) < 4.78 is 0. The molecule has 2 aliphatic heterocycles. The molecule has 0 aromatic carbocycles. The number of carboxylic acid groups (broad SMARTS) is 1. The lowest BCUT2D eigenvalue weighted by molar-refractivity contribution is 0.0686. The topological polar surface area (TPSA) is 98.2 Å². The van der Waals surface area contributed by atoms with Gasteiger partial charge in [-0.2, -0.15) is 5.10 Å². The molecule has 0 amide bonds. The maximum absolute atomic E-state index is 11.4. The Hall–Kier alpha value is -2.48. The molecule has 4 rings (SSSR count). The Balaban J connectivity index is 1.47. The Labute approximate surface area is 165 Å². The van der Waals surface area contributed by atoms with E-state index in [4.69, 9.17) is 4.98 Å². The molecule has 8 heteroatoms. The van der Waals surface area contributed by atoms with E-state index in [1.165, 1.54) is 0 Å². The molecule has 0 spiro atoms. The molecule has 28 heavy (non-hydrogen) atoms. The van der Waals surface area contributed by atoms with E-state index in [9.17, 15) is 9.90 Å². The maximum Gasteiger partial charge on any atom is 0.356 e. The standard InChI is InChI=1S/C20H28N6O2/c1-12(2)8-14-9-13(3)21-20(22-14)26-6-4-15(10-26)25-7-5-17-16(11-25)18(19(27)28)24-23-17/h9,12,15H,4-8,10-11H2,1-3H3,(H,23,24)(H,27,28). The van der Waals surface area contributed by atoms with Crippen molar-refractivity contribution in [2.75, 3.05) is 24.5 Å². The summed E-state index contributed by atoms with van der Waals surface area (Å²) in [5.41, 5.74) is 4.08. The summed E-state index contributed by atoms with van der Waals surface area (Å²) >= 11 is 0. The predicted molar refractivity (Wildman–Crippen MR) is 106 cm³/mol. The van der Waals surface area contributed by atoms with Gasteiger partial charge in [0, 0.05) is 61.3 Å². The summed E-state index contributed by atoms with van der Waals surface area (Å²) in [6.07, 6.45) is 2.80. The number of aryl methyl sites for hydroxylation is 1. The molecular formula is C20H28N6O2. The van der Waals surface area contributed by atoms with Gasteiger partial charge in [0.05, 0.1) is 0 Å². The highest BCUT2D eigenvalue weighted by molar-refractivity contribution is 5.87. The number of hydrogen-bond donors (Lipinski definition) is 2. The second kappa shape index (κ2) is 7.50. The summed E-state index contributed by atoms with van der Waals surface area (Å²) in [6, 6.07) is 2.46. The number of nitrogens with zero attached hydrogens (tertiary/aromatic N) is 5. The zero-order chi connectivity index (χ0) is 19.8. The van der Waals surface area contributed by atoms with Crippen LogP contribution in [0.2, 0.25) is 0 Å². The fourth-order valence-corrected chi connectivity index (χ4v) is 4.31. The Morgan fingerprint density at radius 1 is 1.36 bits per heavy atom. The normalized spacial score (nSPS) is 20.0. The van der Waals surface area contributed by atoms with Gasteiger partial charge in [0.25, 0.3) is 0 Å². The first kappa shape index (κ1) is 18.9. The Morgan fingerprint density at radius 2 is 2.18 bits per heavy atom. The van der Waals surface area contributed by atoms with Crippen molar-refractivity contribution in [2.24, 2.45) is 5.92 Å². The highest BCUT2D eigenvalue weighted by Gasteiger charge is 2.33. The van der Waals surface area contributed by atoms with Crippen molar-refractivity contribution in [2.45, 2.75) is 52.6 Å². The van der Waals surface area contributed by atoms with E-state index in [-0.39, 0.29) is 5.69 Å². The van der Waals surface area contributed by atoms with Gasteiger partial charge in [0.2, 0.25) is 5.95 Å². The fraction of sp³-hybridized carbons (Fsp3) is 0.600. The van der Waals surface area contributed by atoms with Crippen molar-refractivity contribution in [3.63, 3.8) is 0 Å². The molecule has 0 aliphatic carbocycles. The molecule has 1 unspecified atom stereocenters. The van der Waals surface area contributed by atoms with Crippen LogP contribution in [0.15, 0.2) is 6.07 Å². The van der Waals surface area contributed by atoms with E-state index in [0.717, 1.165) is 67.5 Å². The molecule has 2 aromatic rings. The first-order chi connectivity index (χ1) is 13.4. The SMILES string of the molecule is Cc1cc(CC(C)C)nc(N2CCC(N3CCc4[nH]nc(C(=O)O)c4C3)C2)n1. The lowest BCUT2D eigenvalue weighted by Gasteiger charge is -2.32. The highest BCUT2D eigenvalue weighted by atomic mass is 16.4. The van der Waals surface area contributed by atoms with Crippen LogP contribution in [0.25, 0.3) is 0 Å². The number of hydrogen-bond acceptors (Lipinski definition) is 6. The van der Waals surface area contributed by atoms with Gasteiger partial charge in [-0.15, -0.1) is 0 Å². The van der Waals surface area contributed by atoms with Crippen LogP contribution in [-0.2, 0) is 19.4 Å². The molecular weight excluding hydrogens is 356 g/mol. The first-order valence-corrected chi connectivity index (χ1v) is 10.0. The number of fused-ring (bicyclic) bond motifs is 1. The number of H-pyrrole nitrogens is 1. The summed E-state index contributed by atoms with van der Waals surface area (Å²) in [6.45, 7) is 9.79. The average Bonchev–Trinajstić information content (AvgIpc) is 3.27. The van der Waals surface area contributed by atoms with Gasteiger partial charge in [0.15, 0.2) is 5.69 Å². The van der Waals surface area contributed by atoms with E-state index in [2.05, 4.69) is 44.9 Å². The van der Waals surface area contributed by atoms with Crippen LogP contribution in [0.3, 0.4) is 0 Å². The minimum Gasteiger partial charge on any atom is -0.476 e. The molecule has 0 radical (unpaired) electrons. The van der Waals surface area contributed by atoms with Crippen molar-refractivity contribution in [3.05, 3.63) is 34.4 Å². The zero-order valence-electron chi connectivity index (χ0n) is 16.8. The van der Waals surface area contributed by atoms with Gasteiger partial charge in [-0.1, -0.05) is 13.8 Å². The molecule has 1 saturated heterocycles. The Kier molecular flexibility index (Phi) is 5.05. The maximum atomic E-state index is 11.4. The summed E-state index contributed by atoms with van der Waals surface area (Å²) in [7, 11) is 0. The van der Waals surface area contributed by atoms with E-state index >= 15 is 0 Å². The molecule has 8 nitrogen and oxygen atoms in total. The summed E-state index contributed by atoms with van der Waals surface area (Å²) in [4.78, 5) is 25.5. The molecule has 2 N–H and O–H groups in total. The van der Waals surface area contributed by atoms with E-state index in [1.54, 1.807) is 0 Å². The Bertz CT molecular complexity index is 878.